The molecule has 0 spiro atoms. The van der Waals surface area contributed by atoms with E-state index in [-0.39, 0.29) is 11.9 Å². The summed E-state index contributed by atoms with van der Waals surface area (Å²) in [5.41, 5.74) is 0.800. The van der Waals surface area contributed by atoms with Gasteiger partial charge in [-0.3, -0.25) is 0 Å². The molecule has 3 heterocycles. The first-order chi connectivity index (χ1) is 9.28. The van der Waals surface area contributed by atoms with Crippen molar-refractivity contribution in [1.29, 1.82) is 0 Å². The Labute approximate surface area is 119 Å². The molecule has 0 atom stereocenters. The van der Waals surface area contributed by atoms with Crippen molar-refractivity contribution < 1.29 is 9.84 Å². The highest BCUT2D eigenvalue weighted by Gasteiger charge is 2.18. The highest BCUT2D eigenvalue weighted by molar-refractivity contribution is 7.19. The van der Waals surface area contributed by atoms with Crippen LogP contribution in [0.4, 0.5) is 5.82 Å². The molecule has 2 aromatic rings. The Balaban J connectivity index is 2.07. The lowest BCUT2D eigenvalue weighted by atomic mass is 10.3. The number of aliphatic hydroxyl groups is 1. The third-order valence-corrected chi connectivity index (χ3v) is 4.33. The summed E-state index contributed by atoms with van der Waals surface area (Å²) in [6, 6.07) is 1.87. The Bertz CT molecular complexity index is 582. The summed E-state index contributed by atoms with van der Waals surface area (Å²) in [4.78, 5) is 11.6. The van der Waals surface area contributed by atoms with E-state index in [4.69, 9.17) is 16.3 Å². The standard InChI is InChI=1S/C12H14ClN3O2S/c13-12-14-9-6-8(7-17)19-10(9)11(15-12)16-2-1-4-18-5-3-16/h6,17H,1-5,7H2. The number of nitrogens with zero attached hydrogens (tertiary/aromatic N) is 3. The van der Waals surface area contributed by atoms with Crippen LogP contribution in [0.5, 0.6) is 0 Å². The SMILES string of the molecule is OCc1cc2nc(Cl)nc(N3CCCOCC3)c2s1. The molecule has 5 nitrogen and oxygen atoms in total. The number of aromatic nitrogens is 2. The van der Waals surface area contributed by atoms with Gasteiger partial charge in [-0.1, -0.05) is 0 Å². The van der Waals surface area contributed by atoms with Crippen LogP contribution in [-0.4, -0.2) is 41.4 Å². The van der Waals surface area contributed by atoms with Gasteiger partial charge >= 0.3 is 0 Å². The molecule has 1 saturated heterocycles. The smallest absolute Gasteiger partial charge is 0.224 e. The van der Waals surface area contributed by atoms with Crippen molar-refractivity contribution in [1.82, 2.24) is 9.97 Å². The van der Waals surface area contributed by atoms with Gasteiger partial charge in [0, 0.05) is 24.6 Å². The number of ether oxygens (including phenoxy) is 1. The maximum Gasteiger partial charge on any atom is 0.224 e. The first kappa shape index (κ1) is 13.1. The summed E-state index contributed by atoms with van der Waals surface area (Å²) >= 11 is 7.52. The number of fused-ring (bicyclic) bond motifs is 1. The number of halogens is 1. The Morgan fingerprint density at radius 1 is 1.37 bits per heavy atom. The quantitative estimate of drug-likeness (QED) is 0.860. The van der Waals surface area contributed by atoms with Crippen LogP contribution >= 0.6 is 22.9 Å². The lowest BCUT2D eigenvalue weighted by Gasteiger charge is -2.21. The van der Waals surface area contributed by atoms with Crippen molar-refractivity contribution >= 4 is 39.0 Å². The van der Waals surface area contributed by atoms with Crippen LogP contribution in [0.15, 0.2) is 6.07 Å². The van der Waals surface area contributed by atoms with Crippen molar-refractivity contribution in [2.45, 2.75) is 13.0 Å². The number of aliphatic hydroxyl groups excluding tert-OH is 1. The van der Waals surface area contributed by atoms with Gasteiger partial charge < -0.3 is 14.7 Å². The summed E-state index contributed by atoms with van der Waals surface area (Å²) in [6.07, 6.45) is 0.974. The van der Waals surface area contributed by atoms with Crippen molar-refractivity contribution in [2.75, 3.05) is 31.2 Å². The van der Waals surface area contributed by atoms with Gasteiger partial charge in [0.2, 0.25) is 5.28 Å². The molecule has 0 unspecified atom stereocenters. The predicted octanol–water partition coefficient (Wildman–Crippen LogP) is 2.06. The van der Waals surface area contributed by atoms with Crippen molar-refractivity contribution in [3.8, 4) is 0 Å². The van der Waals surface area contributed by atoms with Crippen LogP contribution in [0.1, 0.15) is 11.3 Å². The number of rotatable bonds is 2. The molecule has 0 radical (unpaired) electrons. The van der Waals surface area contributed by atoms with Crippen LogP contribution in [0, 0.1) is 0 Å². The fourth-order valence-corrected chi connectivity index (χ4v) is 3.33. The largest absolute Gasteiger partial charge is 0.391 e. The summed E-state index contributed by atoms with van der Waals surface area (Å²) in [5, 5.41) is 9.50. The van der Waals surface area contributed by atoms with Gasteiger partial charge in [0.1, 0.15) is 0 Å². The molecule has 0 saturated carbocycles. The zero-order valence-corrected chi connectivity index (χ0v) is 11.9. The molecule has 19 heavy (non-hydrogen) atoms. The van der Waals surface area contributed by atoms with Crippen LogP contribution < -0.4 is 4.90 Å². The predicted molar refractivity (Wildman–Crippen MR) is 76.0 cm³/mol. The molecule has 0 aromatic carbocycles. The zero-order valence-electron chi connectivity index (χ0n) is 10.3. The molecule has 3 rings (SSSR count). The molecular formula is C12H14ClN3O2S. The van der Waals surface area contributed by atoms with E-state index in [0.29, 0.717) is 6.61 Å². The van der Waals surface area contributed by atoms with Crippen LogP contribution in [0.25, 0.3) is 10.2 Å². The topological polar surface area (TPSA) is 58.5 Å². The number of anilines is 1. The molecule has 7 heteroatoms. The van der Waals surface area contributed by atoms with Crippen molar-refractivity contribution in [2.24, 2.45) is 0 Å². The second kappa shape index (κ2) is 5.58. The Morgan fingerprint density at radius 2 is 2.26 bits per heavy atom. The summed E-state index contributed by atoms with van der Waals surface area (Å²) in [5.74, 6) is 0.852. The number of thiophene rings is 1. The van der Waals surface area contributed by atoms with Crippen LogP contribution in [-0.2, 0) is 11.3 Å². The van der Waals surface area contributed by atoms with E-state index in [1.54, 1.807) is 0 Å². The minimum Gasteiger partial charge on any atom is -0.391 e. The Hall–Kier alpha value is -0.950. The molecular weight excluding hydrogens is 286 g/mol. The van der Waals surface area contributed by atoms with E-state index in [0.717, 1.165) is 47.0 Å². The van der Waals surface area contributed by atoms with E-state index < -0.39 is 0 Å². The summed E-state index contributed by atoms with van der Waals surface area (Å²) < 4.78 is 6.44. The van der Waals surface area contributed by atoms with E-state index in [1.807, 2.05) is 6.07 Å². The number of hydrogen-bond acceptors (Lipinski definition) is 6. The Morgan fingerprint density at radius 3 is 3.11 bits per heavy atom. The molecule has 0 aliphatic carbocycles. The van der Waals surface area contributed by atoms with E-state index in [2.05, 4.69) is 14.9 Å². The second-order valence-electron chi connectivity index (χ2n) is 4.35. The van der Waals surface area contributed by atoms with Gasteiger partial charge in [0.25, 0.3) is 0 Å². The molecule has 0 bridgehead atoms. The minimum atomic E-state index is 0.0151. The molecule has 2 aromatic heterocycles. The summed E-state index contributed by atoms with van der Waals surface area (Å²) in [6.45, 7) is 3.19. The van der Waals surface area contributed by atoms with E-state index in [9.17, 15) is 5.11 Å². The third kappa shape index (κ3) is 2.67. The van der Waals surface area contributed by atoms with Gasteiger partial charge in [0.15, 0.2) is 5.82 Å². The van der Waals surface area contributed by atoms with Crippen LogP contribution in [0.3, 0.4) is 0 Å². The third-order valence-electron chi connectivity index (χ3n) is 3.06. The van der Waals surface area contributed by atoms with E-state index in [1.165, 1.54) is 11.3 Å². The average Bonchev–Trinajstić information content (AvgIpc) is 2.64. The highest BCUT2D eigenvalue weighted by Crippen LogP contribution is 2.33. The lowest BCUT2D eigenvalue weighted by Crippen LogP contribution is -2.27. The fraction of sp³-hybridized carbons (Fsp3) is 0.500. The van der Waals surface area contributed by atoms with Gasteiger partial charge in [-0.05, 0) is 24.1 Å². The average molecular weight is 300 g/mol. The van der Waals surface area contributed by atoms with E-state index >= 15 is 0 Å². The minimum absolute atomic E-state index is 0.0151. The van der Waals surface area contributed by atoms with Crippen LogP contribution in [0.2, 0.25) is 5.28 Å². The molecule has 1 aliphatic rings. The van der Waals surface area contributed by atoms with Gasteiger partial charge in [-0.2, -0.15) is 4.98 Å². The molecule has 1 N–H and O–H groups in total. The Kier molecular flexibility index (Phi) is 3.83. The molecule has 1 aliphatic heterocycles. The molecule has 1 fully saturated rings. The van der Waals surface area contributed by atoms with Gasteiger partial charge in [-0.15, -0.1) is 11.3 Å². The van der Waals surface area contributed by atoms with Gasteiger partial charge in [0.05, 0.1) is 23.4 Å². The monoisotopic (exact) mass is 299 g/mol. The normalized spacial score (nSPS) is 16.8. The lowest BCUT2D eigenvalue weighted by molar-refractivity contribution is 0.152. The maximum atomic E-state index is 9.25. The maximum absolute atomic E-state index is 9.25. The second-order valence-corrected chi connectivity index (χ2v) is 5.83. The van der Waals surface area contributed by atoms with Gasteiger partial charge in [-0.25, -0.2) is 4.98 Å². The first-order valence-corrected chi connectivity index (χ1v) is 7.37. The zero-order chi connectivity index (χ0) is 13.2. The highest BCUT2D eigenvalue weighted by atomic mass is 35.5. The van der Waals surface area contributed by atoms with Crippen molar-refractivity contribution in [3.05, 3.63) is 16.2 Å². The van der Waals surface area contributed by atoms with Crippen molar-refractivity contribution in [3.63, 3.8) is 0 Å². The molecule has 102 valence electrons. The molecule has 0 amide bonds. The fourth-order valence-electron chi connectivity index (χ4n) is 2.19. The number of hydrogen-bond donors (Lipinski definition) is 1. The summed E-state index contributed by atoms with van der Waals surface area (Å²) in [7, 11) is 0. The first-order valence-electron chi connectivity index (χ1n) is 6.17.